The quantitative estimate of drug-likeness (QED) is 0.728. The number of morpholine rings is 1. The molecule has 2 amide bonds. The lowest BCUT2D eigenvalue weighted by Crippen LogP contribution is -2.44. The van der Waals surface area contributed by atoms with Crippen LogP contribution in [0.2, 0.25) is 0 Å². The predicted molar refractivity (Wildman–Crippen MR) is 97.7 cm³/mol. The van der Waals surface area contributed by atoms with Gasteiger partial charge in [0.15, 0.2) is 0 Å². The van der Waals surface area contributed by atoms with Gasteiger partial charge in [-0.2, -0.15) is 0 Å². The molecule has 7 nitrogen and oxygen atoms in total. The molecule has 1 aliphatic heterocycles. The number of carbonyl (C=O) groups excluding carboxylic acids is 2. The van der Waals surface area contributed by atoms with Crippen molar-refractivity contribution in [2.75, 3.05) is 25.1 Å². The lowest BCUT2D eigenvalue weighted by molar-refractivity contribution is -0.122. The van der Waals surface area contributed by atoms with Gasteiger partial charge < -0.3 is 20.7 Å². The van der Waals surface area contributed by atoms with Gasteiger partial charge in [-0.05, 0) is 29.8 Å². The normalized spacial score (nSPS) is 16.7. The molecule has 0 spiro atoms. The summed E-state index contributed by atoms with van der Waals surface area (Å²) in [6.07, 6.45) is 3.54. The van der Waals surface area contributed by atoms with E-state index in [2.05, 4.69) is 20.9 Å². The summed E-state index contributed by atoms with van der Waals surface area (Å²) < 4.78 is 5.35. The van der Waals surface area contributed by atoms with Crippen molar-refractivity contribution in [2.45, 2.75) is 19.0 Å². The van der Waals surface area contributed by atoms with E-state index in [4.69, 9.17) is 4.74 Å². The van der Waals surface area contributed by atoms with Crippen LogP contribution in [0.15, 0.2) is 48.8 Å². The molecular formula is C19H22N4O3. The number of amides is 2. The molecule has 1 aliphatic rings. The molecule has 2 aromatic rings. The zero-order valence-electron chi connectivity index (χ0n) is 14.4. The summed E-state index contributed by atoms with van der Waals surface area (Å²) in [5.41, 5.74) is 2.14. The third-order valence-electron chi connectivity index (χ3n) is 4.05. The van der Waals surface area contributed by atoms with Gasteiger partial charge >= 0.3 is 0 Å². The second-order valence-corrected chi connectivity index (χ2v) is 6.10. The highest BCUT2D eigenvalue weighted by Crippen LogP contribution is 2.12. The van der Waals surface area contributed by atoms with Crippen LogP contribution in [0, 0.1) is 0 Å². The number of pyridine rings is 1. The third kappa shape index (κ3) is 5.37. The highest BCUT2D eigenvalue weighted by Gasteiger charge is 2.16. The number of benzene rings is 1. The zero-order valence-corrected chi connectivity index (χ0v) is 14.4. The minimum Gasteiger partial charge on any atom is -0.378 e. The number of ether oxygens (including phenoxy) is 1. The summed E-state index contributed by atoms with van der Waals surface area (Å²) in [6.45, 7) is 2.43. The fraction of sp³-hybridized carbons (Fsp3) is 0.316. The van der Waals surface area contributed by atoms with E-state index in [0.717, 1.165) is 12.1 Å². The molecule has 1 fully saturated rings. The van der Waals surface area contributed by atoms with Crippen molar-refractivity contribution < 1.29 is 14.3 Å². The van der Waals surface area contributed by atoms with E-state index in [1.165, 1.54) is 0 Å². The number of anilines is 1. The Balaban J connectivity index is 1.50. The molecule has 7 heteroatoms. The molecule has 2 heterocycles. The first-order valence-corrected chi connectivity index (χ1v) is 8.59. The van der Waals surface area contributed by atoms with Gasteiger partial charge in [0.1, 0.15) is 0 Å². The topological polar surface area (TPSA) is 92.4 Å². The molecule has 3 rings (SSSR count). The van der Waals surface area contributed by atoms with Crippen molar-refractivity contribution in [3.8, 4) is 0 Å². The van der Waals surface area contributed by atoms with Crippen molar-refractivity contribution in [1.29, 1.82) is 0 Å². The molecule has 1 unspecified atom stereocenters. The fourth-order valence-electron chi connectivity index (χ4n) is 2.71. The van der Waals surface area contributed by atoms with Gasteiger partial charge in [-0.3, -0.25) is 14.6 Å². The van der Waals surface area contributed by atoms with Gasteiger partial charge in [0.2, 0.25) is 5.91 Å². The number of aromatic nitrogens is 1. The van der Waals surface area contributed by atoms with Gasteiger partial charge in [0.25, 0.3) is 5.91 Å². The first kappa shape index (κ1) is 18.0. The summed E-state index contributed by atoms with van der Waals surface area (Å²) in [5.74, 6) is -0.226. The highest BCUT2D eigenvalue weighted by atomic mass is 16.5. The van der Waals surface area contributed by atoms with Crippen molar-refractivity contribution in [2.24, 2.45) is 0 Å². The Morgan fingerprint density at radius 3 is 2.85 bits per heavy atom. The summed E-state index contributed by atoms with van der Waals surface area (Å²) in [5, 5.41) is 9.01. The molecule has 26 heavy (non-hydrogen) atoms. The summed E-state index contributed by atoms with van der Waals surface area (Å²) in [4.78, 5) is 28.1. The average Bonchev–Trinajstić information content (AvgIpc) is 2.68. The number of nitrogens with one attached hydrogen (secondary N) is 3. The number of rotatable bonds is 6. The van der Waals surface area contributed by atoms with Crippen LogP contribution in [-0.4, -0.2) is 42.6 Å². The largest absolute Gasteiger partial charge is 0.378 e. The van der Waals surface area contributed by atoms with Crippen molar-refractivity contribution in [3.05, 3.63) is 59.9 Å². The maximum absolute atomic E-state index is 12.2. The molecular weight excluding hydrogens is 332 g/mol. The summed E-state index contributed by atoms with van der Waals surface area (Å²) >= 11 is 0. The van der Waals surface area contributed by atoms with Crippen LogP contribution in [0.3, 0.4) is 0 Å². The van der Waals surface area contributed by atoms with E-state index in [1.54, 1.807) is 24.5 Å². The van der Waals surface area contributed by atoms with Crippen LogP contribution in [0.5, 0.6) is 0 Å². The molecule has 0 saturated carbocycles. The van der Waals surface area contributed by atoms with Crippen molar-refractivity contribution >= 4 is 17.5 Å². The van der Waals surface area contributed by atoms with E-state index >= 15 is 0 Å². The second kappa shape index (κ2) is 9.07. The SMILES string of the molecule is O=C(CC1COCCN1)NCc1cccc(NC(=O)c2ccncc2)c1. The van der Waals surface area contributed by atoms with E-state index < -0.39 is 0 Å². The standard InChI is InChI=1S/C19H22N4O3/c24-18(11-17-13-26-9-8-21-17)22-12-14-2-1-3-16(10-14)23-19(25)15-4-6-20-7-5-15/h1-7,10,17,21H,8-9,11-13H2,(H,22,24)(H,23,25). The molecule has 1 aromatic carbocycles. The maximum Gasteiger partial charge on any atom is 0.255 e. The van der Waals surface area contributed by atoms with Gasteiger partial charge in [0.05, 0.1) is 13.2 Å². The predicted octanol–water partition coefficient (Wildman–Crippen LogP) is 1.33. The summed E-state index contributed by atoms with van der Waals surface area (Å²) in [6, 6.07) is 10.8. The van der Waals surface area contributed by atoms with E-state index in [9.17, 15) is 9.59 Å². The Hall–Kier alpha value is -2.77. The summed E-state index contributed by atoms with van der Waals surface area (Å²) in [7, 11) is 0. The molecule has 0 bridgehead atoms. The van der Waals surface area contributed by atoms with Gasteiger partial charge in [-0.1, -0.05) is 12.1 Å². The number of hydrogen-bond acceptors (Lipinski definition) is 5. The second-order valence-electron chi connectivity index (χ2n) is 6.10. The van der Waals surface area contributed by atoms with Gasteiger partial charge in [0, 0.05) is 49.2 Å². The minimum absolute atomic E-state index is 0.0285. The third-order valence-corrected chi connectivity index (χ3v) is 4.05. The molecule has 0 radical (unpaired) electrons. The molecule has 136 valence electrons. The van der Waals surface area contributed by atoms with Gasteiger partial charge in [-0.25, -0.2) is 0 Å². The Labute approximate surface area is 152 Å². The Morgan fingerprint density at radius 2 is 2.08 bits per heavy atom. The van der Waals surface area contributed by atoms with E-state index in [1.807, 2.05) is 24.3 Å². The number of hydrogen-bond donors (Lipinski definition) is 3. The van der Waals surface area contributed by atoms with E-state index in [0.29, 0.717) is 37.4 Å². The smallest absolute Gasteiger partial charge is 0.255 e. The van der Waals surface area contributed by atoms with Crippen molar-refractivity contribution in [3.63, 3.8) is 0 Å². The van der Waals surface area contributed by atoms with Crippen LogP contribution in [-0.2, 0) is 16.1 Å². The molecule has 3 N–H and O–H groups in total. The average molecular weight is 354 g/mol. The van der Waals surface area contributed by atoms with E-state index in [-0.39, 0.29) is 17.9 Å². The molecule has 1 saturated heterocycles. The number of carbonyl (C=O) groups is 2. The van der Waals surface area contributed by atoms with Crippen LogP contribution in [0.1, 0.15) is 22.3 Å². The number of nitrogens with zero attached hydrogens (tertiary/aromatic N) is 1. The maximum atomic E-state index is 12.2. The highest BCUT2D eigenvalue weighted by molar-refractivity contribution is 6.04. The Morgan fingerprint density at radius 1 is 1.23 bits per heavy atom. The Kier molecular flexibility index (Phi) is 6.29. The van der Waals surface area contributed by atoms with Crippen LogP contribution in [0.25, 0.3) is 0 Å². The monoisotopic (exact) mass is 354 g/mol. The zero-order chi connectivity index (χ0) is 18.2. The van der Waals surface area contributed by atoms with Crippen LogP contribution >= 0.6 is 0 Å². The van der Waals surface area contributed by atoms with Crippen LogP contribution in [0.4, 0.5) is 5.69 Å². The minimum atomic E-state index is -0.197. The molecule has 0 aliphatic carbocycles. The first-order chi connectivity index (χ1) is 12.7. The molecule has 1 aromatic heterocycles. The van der Waals surface area contributed by atoms with Crippen molar-refractivity contribution in [1.82, 2.24) is 15.6 Å². The first-order valence-electron chi connectivity index (χ1n) is 8.59. The molecule has 1 atom stereocenters. The Bertz CT molecular complexity index is 745. The fourth-order valence-corrected chi connectivity index (χ4v) is 2.71. The van der Waals surface area contributed by atoms with Crippen LogP contribution < -0.4 is 16.0 Å². The van der Waals surface area contributed by atoms with Gasteiger partial charge in [-0.15, -0.1) is 0 Å². The lowest BCUT2D eigenvalue weighted by Gasteiger charge is -2.23. The lowest BCUT2D eigenvalue weighted by atomic mass is 10.1.